The van der Waals surface area contributed by atoms with E-state index in [0.717, 1.165) is 46.4 Å². The van der Waals surface area contributed by atoms with Crippen molar-refractivity contribution in [3.63, 3.8) is 0 Å². The molecule has 1 aromatic carbocycles. The van der Waals surface area contributed by atoms with Crippen molar-refractivity contribution in [3.05, 3.63) is 44.8 Å². The maximum Gasteiger partial charge on any atom is 0.344 e. The molecule has 1 aliphatic rings. The van der Waals surface area contributed by atoms with Crippen molar-refractivity contribution in [2.45, 2.75) is 40.0 Å². The summed E-state index contributed by atoms with van der Waals surface area (Å²) >= 11 is 1.35. The lowest BCUT2D eigenvalue weighted by molar-refractivity contribution is -0.149. The van der Waals surface area contributed by atoms with Gasteiger partial charge in [-0.05, 0) is 56.7 Å². The topological polar surface area (TPSA) is 108 Å². The molecule has 154 valence electrons. The summed E-state index contributed by atoms with van der Waals surface area (Å²) < 4.78 is 10.6. The third-order valence-corrected chi connectivity index (χ3v) is 5.93. The second-order valence-corrected chi connectivity index (χ2v) is 8.26. The number of hydrogen-bond donors (Lipinski definition) is 2. The number of ether oxygens (including phenoxy) is 2. The van der Waals surface area contributed by atoms with E-state index in [-0.39, 0.29) is 6.61 Å². The number of esters is 1. The van der Waals surface area contributed by atoms with Gasteiger partial charge in [0.15, 0.2) is 13.2 Å². The van der Waals surface area contributed by atoms with Crippen molar-refractivity contribution >= 4 is 34.1 Å². The first-order chi connectivity index (χ1) is 13.8. The molecule has 29 heavy (non-hydrogen) atoms. The first-order valence-corrected chi connectivity index (χ1v) is 10.2. The fraction of sp³-hybridized carbons (Fsp3) is 0.381. The number of aryl methyl sites for hydroxylation is 4. The van der Waals surface area contributed by atoms with E-state index in [4.69, 9.17) is 15.2 Å². The van der Waals surface area contributed by atoms with Gasteiger partial charge in [0.25, 0.3) is 11.8 Å². The number of carbonyl (C=O) groups is 3. The Balaban J connectivity index is 1.53. The van der Waals surface area contributed by atoms with Gasteiger partial charge in [-0.15, -0.1) is 11.3 Å². The SMILES string of the molecule is Cc1cc(C)c(OCC(=O)OCC(=O)Nc2sc3c(c2C(N)=O)CCC3)c(C)c1. The van der Waals surface area contributed by atoms with Crippen LogP contribution >= 0.6 is 11.3 Å². The highest BCUT2D eigenvalue weighted by molar-refractivity contribution is 7.17. The molecule has 1 heterocycles. The first-order valence-electron chi connectivity index (χ1n) is 9.36. The number of fused-ring (bicyclic) bond motifs is 1. The fourth-order valence-electron chi connectivity index (χ4n) is 3.63. The molecule has 0 fully saturated rings. The van der Waals surface area contributed by atoms with Gasteiger partial charge in [0.1, 0.15) is 10.8 Å². The van der Waals surface area contributed by atoms with Crippen LogP contribution in [-0.2, 0) is 27.2 Å². The maximum absolute atomic E-state index is 12.2. The largest absolute Gasteiger partial charge is 0.481 e. The Morgan fingerprint density at radius 3 is 2.45 bits per heavy atom. The van der Waals surface area contributed by atoms with Gasteiger partial charge in [-0.25, -0.2) is 4.79 Å². The summed E-state index contributed by atoms with van der Waals surface area (Å²) in [7, 11) is 0. The molecule has 2 amide bonds. The third-order valence-electron chi connectivity index (χ3n) is 4.72. The zero-order valence-electron chi connectivity index (χ0n) is 16.7. The van der Waals surface area contributed by atoms with Gasteiger partial charge in [-0.2, -0.15) is 0 Å². The molecule has 2 aromatic rings. The molecule has 7 nitrogen and oxygen atoms in total. The summed E-state index contributed by atoms with van der Waals surface area (Å²) in [4.78, 5) is 37.0. The Morgan fingerprint density at radius 1 is 1.10 bits per heavy atom. The van der Waals surface area contributed by atoms with Crippen molar-refractivity contribution in [2.75, 3.05) is 18.5 Å². The molecule has 1 aliphatic carbocycles. The minimum atomic E-state index is -0.650. The molecule has 0 saturated heterocycles. The van der Waals surface area contributed by atoms with Gasteiger partial charge in [-0.1, -0.05) is 17.7 Å². The van der Waals surface area contributed by atoms with Gasteiger partial charge >= 0.3 is 5.97 Å². The Morgan fingerprint density at radius 2 is 1.79 bits per heavy atom. The number of primary amides is 1. The molecule has 3 N–H and O–H groups in total. The molecule has 0 saturated carbocycles. The van der Waals surface area contributed by atoms with Crippen LogP contribution in [0.5, 0.6) is 5.75 Å². The average molecular weight is 416 g/mol. The number of rotatable bonds is 7. The zero-order chi connectivity index (χ0) is 21.1. The smallest absolute Gasteiger partial charge is 0.344 e. The normalized spacial score (nSPS) is 12.4. The van der Waals surface area contributed by atoms with E-state index in [9.17, 15) is 14.4 Å². The van der Waals surface area contributed by atoms with E-state index in [1.165, 1.54) is 11.3 Å². The van der Waals surface area contributed by atoms with Gasteiger partial charge in [0, 0.05) is 4.88 Å². The fourth-order valence-corrected chi connectivity index (χ4v) is 4.94. The number of anilines is 1. The van der Waals surface area contributed by atoms with Crippen molar-refractivity contribution in [1.82, 2.24) is 0 Å². The van der Waals surface area contributed by atoms with Crippen molar-refractivity contribution in [1.29, 1.82) is 0 Å². The predicted molar refractivity (Wildman–Crippen MR) is 111 cm³/mol. The maximum atomic E-state index is 12.2. The van der Waals surface area contributed by atoms with Gasteiger partial charge < -0.3 is 20.5 Å². The average Bonchev–Trinajstić information content (AvgIpc) is 3.19. The van der Waals surface area contributed by atoms with Crippen LogP contribution in [-0.4, -0.2) is 31.0 Å². The molecule has 0 unspecified atom stereocenters. The molecule has 1 aromatic heterocycles. The highest BCUT2D eigenvalue weighted by Crippen LogP contribution is 2.38. The Labute approximate surface area is 173 Å². The summed E-state index contributed by atoms with van der Waals surface area (Å²) in [5.74, 6) is -1.10. The molecular formula is C21H24N2O5S. The van der Waals surface area contributed by atoms with Crippen LogP contribution in [0.25, 0.3) is 0 Å². The number of nitrogens with two attached hydrogens (primary N) is 1. The van der Waals surface area contributed by atoms with Crippen molar-refractivity contribution < 1.29 is 23.9 Å². The molecule has 0 radical (unpaired) electrons. The molecular weight excluding hydrogens is 392 g/mol. The van der Waals surface area contributed by atoms with Gasteiger partial charge in [0.2, 0.25) is 0 Å². The van der Waals surface area contributed by atoms with Crippen LogP contribution in [0.2, 0.25) is 0 Å². The van der Waals surface area contributed by atoms with Crippen LogP contribution in [0, 0.1) is 20.8 Å². The summed E-state index contributed by atoms with van der Waals surface area (Å²) in [6.45, 7) is 5.04. The first kappa shape index (κ1) is 20.9. The quantitative estimate of drug-likeness (QED) is 0.675. The van der Waals surface area contributed by atoms with Crippen molar-refractivity contribution in [3.8, 4) is 5.75 Å². The third kappa shape index (κ3) is 4.76. The second-order valence-electron chi connectivity index (χ2n) is 7.15. The number of benzene rings is 1. The van der Waals surface area contributed by atoms with Crippen LogP contribution in [0.3, 0.4) is 0 Å². The number of thiophene rings is 1. The van der Waals surface area contributed by atoms with Gasteiger partial charge in [-0.3, -0.25) is 9.59 Å². The molecule has 0 aliphatic heterocycles. The van der Waals surface area contributed by atoms with E-state index in [1.54, 1.807) is 0 Å². The second kappa shape index (κ2) is 8.65. The minimum absolute atomic E-state index is 0.294. The standard InChI is InChI=1S/C21H24N2O5S/c1-11-7-12(2)19(13(3)8-11)28-10-17(25)27-9-16(24)23-21-18(20(22)26)14-5-4-6-15(14)29-21/h7-8H,4-6,9-10H2,1-3H3,(H2,22,26)(H,23,24). The van der Waals surface area contributed by atoms with E-state index < -0.39 is 24.4 Å². The zero-order valence-corrected chi connectivity index (χ0v) is 17.5. The van der Waals surface area contributed by atoms with E-state index in [0.29, 0.717) is 16.3 Å². The Hall–Kier alpha value is -2.87. The molecule has 0 atom stereocenters. The lowest BCUT2D eigenvalue weighted by Gasteiger charge is -2.13. The summed E-state index contributed by atoms with van der Waals surface area (Å²) in [6, 6.07) is 3.94. The molecule has 8 heteroatoms. The highest BCUT2D eigenvalue weighted by Gasteiger charge is 2.26. The van der Waals surface area contributed by atoms with Gasteiger partial charge in [0.05, 0.1) is 5.56 Å². The van der Waals surface area contributed by atoms with Crippen LogP contribution < -0.4 is 15.8 Å². The Kier molecular flexibility index (Phi) is 6.22. The minimum Gasteiger partial charge on any atom is -0.481 e. The number of amides is 2. The van der Waals surface area contributed by atoms with E-state index in [1.807, 2.05) is 32.9 Å². The summed E-state index contributed by atoms with van der Waals surface area (Å²) in [5.41, 5.74) is 9.74. The molecule has 3 rings (SSSR count). The van der Waals surface area contributed by atoms with Crippen LogP contribution in [0.4, 0.5) is 5.00 Å². The lowest BCUT2D eigenvalue weighted by atomic mass is 10.1. The monoisotopic (exact) mass is 416 g/mol. The van der Waals surface area contributed by atoms with Crippen LogP contribution in [0.15, 0.2) is 12.1 Å². The molecule has 0 bridgehead atoms. The molecule has 0 spiro atoms. The number of nitrogens with one attached hydrogen (secondary N) is 1. The summed E-state index contributed by atoms with van der Waals surface area (Å²) in [5, 5.41) is 3.06. The Bertz CT molecular complexity index is 957. The van der Waals surface area contributed by atoms with E-state index >= 15 is 0 Å². The highest BCUT2D eigenvalue weighted by atomic mass is 32.1. The van der Waals surface area contributed by atoms with Crippen molar-refractivity contribution in [2.24, 2.45) is 5.73 Å². The lowest BCUT2D eigenvalue weighted by Crippen LogP contribution is -2.24. The summed E-state index contributed by atoms with van der Waals surface area (Å²) in [6.07, 6.45) is 2.64. The number of carbonyl (C=O) groups excluding carboxylic acids is 3. The van der Waals surface area contributed by atoms with Crippen LogP contribution in [0.1, 0.15) is 43.9 Å². The van der Waals surface area contributed by atoms with E-state index in [2.05, 4.69) is 5.32 Å². The number of hydrogen-bond acceptors (Lipinski definition) is 6. The predicted octanol–water partition coefficient (Wildman–Crippen LogP) is 2.82.